The highest BCUT2D eigenvalue weighted by Crippen LogP contribution is 2.29. The molecule has 0 unspecified atom stereocenters. The first-order valence-electron chi connectivity index (χ1n) is 6.00. The van der Waals surface area contributed by atoms with Gasteiger partial charge in [0.1, 0.15) is 10.8 Å². The maximum Gasteiger partial charge on any atom is 0.224 e. The third-order valence-corrected chi connectivity index (χ3v) is 3.48. The number of hydrogen-bond acceptors (Lipinski definition) is 4. The Balaban J connectivity index is 2.34. The predicted molar refractivity (Wildman–Crippen MR) is 83.3 cm³/mol. The zero-order valence-electron chi connectivity index (χ0n) is 11.0. The van der Waals surface area contributed by atoms with Crippen LogP contribution in [0.1, 0.15) is 12.5 Å². The molecule has 1 aromatic heterocycles. The van der Waals surface area contributed by atoms with Crippen LogP contribution in [0.4, 0.5) is 21.8 Å². The molecule has 0 bridgehead atoms. The molecule has 0 saturated heterocycles. The van der Waals surface area contributed by atoms with Crippen molar-refractivity contribution in [2.75, 3.05) is 17.2 Å². The Labute approximate surface area is 129 Å². The van der Waals surface area contributed by atoms with E-state index in [4.69, 9.17) is 11.6 Å². The van der Waals surface area contributed by atoms with Gasteiger partial charge in [-0.3, -0.25) is 0 Å². The van der Waals surface area contributed by atoms with Gasteiger partial charge in [0, 0.05) is 12.2 Å². The van der Waals surface area contributed by atoms with Gasteiger partial charge in [-0.1, -0.05) is 11.6 Å². The fourth-order valence-corrected chi connectivity index (χ4v) is 2.09. The van der Waals surface area contributed by atoms with Crippen molar-refractivity contribution in [2.24, 2.45) is 0 Å². The Kier molecular flexibility index (Phi) is 4.77. The quantitative estimate of drug-likeness (QED) is 0.843. The van der Waals surface area contributed by atoms with Crippen molar-refractivity contribution in [1.29, 1.82) is 0 Å². The molecule has 7 heteroatoms. The fraction of sp³-hybridized carbons (Fsp3) is 0.231. The Hall–Kier alpha value is -1.40. The standard InChI is InChI=1S/C13H13BrClFN4/c1-3-17-13-18-6-9(15)12(20-13)19-11-5-8(14)10(16)4-7(11)2/h4-6H,3H2,1-2H3,(H2,17,18,19,20). The number of benzene rings is 1. The molecule has 0 aliphatic carbocycles. The summed E-state index contributed by atoms with van der Waals surface area (Å²) in [5.41, 5.74) is 1.48. The summed E-state index contributed by atoms with van der Waals surface area (Å²) in [4.78, 5) is 8.34. The van der Waals surface area contributed by atoms with Crippen LogP contribution < -0.4 is 10.6 Å². The molecule has 0 aliphatic rings. The maximum atomic E-state index is 13.4. The van der Waals surface area contributed by atoms with Crippen molar-refractivity contribution in [2.45, 2.75) is 13.8 Å². The van der Waals surface area contributed by atoms with Gasteiger partial charge in [-0.05, 0) is 47.5 Å². The number of aryl methyl sites for hydroxylation is 1. The van der Waals surface area contributed by atoms with Crippen LogP contribution in [0, 0.1) is 12.7 Å². The van der Waals surface area contributed by atoms with E-state index in [1.807, 2.05) is 6.92 Å². The summed E-state index contributed by atoms with van der Waals surface area (Å²) in [5, 5.41) is 6.49. The van der Waals surface area contributed by atoms with E-state index >= 15 is 0 Å². The average molecular weight is 360 g/mol. The molecule has 2 aromatic rings. The summed E-state index contributed by atoms with van der Waals surface area (Å²) in [5.74, 6) is 0.646. The van der Waals surface area contributed by atoms with Crippen molar-refractivity contribution in [3.8, 4) is 0 Å². The highest BCUT2D eigenvalue weighted by Gasteiger charge is 2.09. The lowest BCUT2D eigenvalue weighted by molar-refractivity contribution is 0.620. The maximum absolute atomic E-state index is 13.4. The first-order chi connectivity index (χ1) is 9.51. The predicted octanol–water partition coefficient (Wildman–Crippen LogP) is 4.52. The molecule has 0 fully saturated rings. The molecule has 2 N–H and O–H groups in total. The fourth-order valence-electron chi connectivity index (χ4n) is 1.61. The van der Waals surface area contributed by atoms with Gasteiger partial charge in [-0.25, -0.2) is 9.37 Å². The smallest absolute Gasteiger partial charge is 0.224 e. The van der Waals surface area contributed by atoms with E-state index in [9.17, 15) is 4.39 Å². The zero-order valence-corrected chi connectivity index (χ0v) is 13.3. The summed E-state index contributed by atoms with van der Waals surface area (Å²) in [6, 6.07) is 3.09. The molecule has 0 spiro atoms. The highest BCUT2D eigenvalue weighted by atomic mass is 79.9. The normalized spacial score (nSPS) is 10.4. The number of aromatic nitrogens is 2. The van der Waals surface area contributed by atoms with Crippen LogP contribution in [0.15, 0.2) is 22.8 Å². The molecule has 1 heterocycles. The van der Waals surface area contributed by atoms with Crippen LogP contribution in [-0.2, 0) is 0 Å². The molecule has 0 atom stereocenters. The van der Waals surface area contributed by atoms with Crippen LogP contribution in [0.5, 0.6) is 0 Å². The zero-order chi connectivity index (χ0) is 14.7. The van der Waals surface area contributed by atoms with Crippen molar-refractivity contribution >= 4 is 45.0 Å². The van der Waals surface area contributed by atoms with Gasteiger partial charge in [0.15, 0.2) is 5.82 Å². The van der Waals surface area contributed by atoms with E-state index in [-0.39, 0.29) is 5.82 Å². The van der Waals surface area contributed by atoms with Gasteiger partial charge in [-0.2, -0.15) is 4.98 Å². The van der Waals surface area contributed by atoms with Gasteiger partial charge in [0.2, 0.25) is 5.95 Å². The summed E-state index contributed by atoms with van der Waals surface area (Å²) in [7, 11) is 0. The number of rotatable bonds is 4. The number of anilines is 3. The Morgan fingerprint density at radius 2 is 2.15 bits per heavy atom. The molecule has 1 aromatic carbocycles. The van der Waals surface area contributed by atoms with Crippen LogP contribution in [-0.4, -0.2) is 16.5 Å². The first-order valence-corrected chi connectivity index (χ1v) is 7.17. The summed E-state index contributed by atoms with van der Waals surface area (Å²) >= 11 is 9.23. The Bertz CT molecular complexity index is 636. The van der Waals surface area contributed by atoms with E-state index in [1.165, 1.54) is 12.3 Å². The lowest BCUT2D eigenvalue weighted by Gasteiger charge is -2.12. The summed E-state index contributed by atoms with van der Waals surface area (Å²) in [6.07, 6.45) is 1.52. The van der Waals surface area contributed by atoms with E-state index in [0.717, 1.165) is 11.3 Å². The van der Waals surface area contributed by atoms with Crippen LogP contribution in [0.3, 0.4) is 0 Å². The monoisotopic (exact) mass is 358 g/mol. The van der Waals surface area contributed by atoms with Crippen LogP contribution in [0.25, 0.3) is 0 Å². The van der Waals surface area contributed by atoms with Gasteiger partial charge >= 0.3 is 0 Å². The first kappa shape index (κ1) is 15.0. The minimum atomic E-state index is -0.310. The SMILES string of the molecule is CCNc1ncc(Cl)c(Nc2cc(Br)c(F)cc2C)n1. The van der Waals surface area contributed by atoms with Gasteiger partial charge < -0.3 is 10.6 Å². The van der Waals surface area contributed by atoms with E-state index in [2.05, 4.69) is 36.5 Å². The van der Waals surface area contributed by atoms with Crippen molar-refractivity contribution < 1.29 is 4.39 Å². The van der Waals surface area contributed by atoms with Crippen LogP contribution >= 0.6 is 27.5 Å². The van der Waals surface area contributed by atoms with Crippen molar-refractivity contribution in [1.82, 2.24) is 9.97 Å². The second-order valence-electron chi connectivity index (χ2n) is 4.13. The number of nitrogens with one attached hydrogen (secondary N) is 2. The molecule has 106 valence electrons. The largest absolute Gasteiger partial charge is 0.354 e. The number of hydrogen-bond donors (Lipinski definition) is 2. The topological polar surface area (TPSA) is 49.8 Å². The molecule has 20 heavy (non-hydrogen) atoms. The van der Waals surface area contributed by atoms with Crippen molar-refractivity contribution in [3.05, 3.63) is 39.2 Å². The second-order valence-corrected chi connectivity index (χ2v) is 5.39. The molecule has 0 saturated carbocycles. The van der Waals surface area contributed by atoms with Gasteiger partial charge in [0.25, 0.3) is 0 Å². The van der Waals surface area contributed by atoms with E-state index < -0.39 is 0 Å². The average Bonchev–Trinajstić information content (AvgIpc) is 2.40. The number of nitrogens with zero attached hydrogens (tertiary/aromatic N) is 2. The minimum Gasteiger partial charge on any atom is -0.354 e. The number of halogens is 3. The minimum absolute atomic E-state index is 0.310. The molecule has 0 radical (unpaired) electrons. The van der Waals surface area contributed by atoms with Gasteiger partial charge in [-0.15, -0.1) is 0 Å². The summed E-state index contributed by atoms with van der Waals surface area (Å²) in [6.45, 7) is 4.46. The molecular formula is C13H13BrClFN4. The van der Waals surface area contributed by atoms with Crippen molar-refractivity contribution in [3.63, 3.8) is 0 Å². The Morgan fingerprint density at radius 1 is 1.40 bits per heavy atom. The highest BCUT2D eigenvalue weighted by molar-refractivity contribution is 9.10. The second kappa shape index (κ2) is 6.37. The molecular weight excluding hydrogens is 347 g/mol. The third kappa shape index (κ3) is 3.37. The Morgan fingerprint density at radius 3 is 2.85 bits per heavy atom. The lowest BCUT2D eigenvalue weighted by atomic mass is 10.2. The van der Waals surface area contributed by atoms with Gasteiger partial charge in [0.05, 0.1) is 10.7 Å². The summed E-state index contributed by atoms with van der Waals surface area (Å²) < 4.78 is 13.8. The third-order valence-electron chi connectivity index (χ3n) is 2.60. The molecule has 0 aliphatic heterocycles. The van der Waals surface area contributed by atoms with Crippen LogP contribution in [0.2, 0.25) is 5.02 Å². The molecule has 4 nitrogen and oxygen atoms in total. The van der Waals surface area contributed by atoms with E-state index in [1.54, 1.807) is 13.0 Å². The molecule has 2 rings (SSSR count). The van der Waals surface area contributed by atoms with E-state index in [0.29, 0.717) is 27.8 Å². The molecule has 0 amide bonds. The lowest BCUT2D eigenvalue weighted by Crippen LogP contribution is -2.05.